The first kappa shape index (κ1) is 15.7. The van der Waals surface area contributed by atoms with Crippen molar-refractivity contribution in [3.8, 4) is 0 Å². The topological polar surface area (TPSA) is 41.0 Å². The molecule has 1 heterocycles. The molecule has 0 aliphatic heterocycles. The molecule has 0 fully saturated rings. The highest BCUT2D eigenvalue weighted by Crippen LogP contribution is 2.27. The average Bonchev–Trinajstić information content (AvgIpc) is 2.26. The summed E-state index contributed by atoms with van der Waals surface area (Å²) in [6.07, 6.45) is -3.32. The van der Waals surface area contributed by atoms with Crippen LogP contribution in [0.2, 0.25) is 0 Å². The summed E-state index contributed by atoms with van der Waals surface area (Å²) < 4.78 is 37.6. The summed E-state index contributed by atoms with van der Waals surface area (Å²) >= 11 is 0. The maximum Gasteiger partial charge on any atom is 0.433 e. The summed E-state index contributed by atoms with van der Waals surface area (Å²) in [5, 5.41) is 3.25. The third-order valence-corrected chi connectivity index (χ3v) is 2.38. The van der Waals surface area contributed by atoms with Crippen LogP contribution in [-0.4, -0.2) is 35.6 Å². The molecule has 1 N–H and O–H groups in total. The minimum Gasteiger partial charge on any atom is -0.343 e. The molecule has 0 aliphatic carbocycles. The molecule has 1 aromatic rings. The second kappa shape index (κ2) is 5.73. The van der Waals surface area contributed by atoms with Crippen molar-refractivity contribution in [1.82, 2.24) is 15.3 Å². The summed E-state index contributed by atoms with van der Waals surface area (Å²) in [6.45, 7) is 7.23. The van der Waals surface area contributed by atoms with Crippen molar-refractivity contribution in [3.63, 3.8) is 0 Å². The number of likely N-dealkylation sites (N-methyl/N-ethyl adjacent to an activating group) is 1. The van der Waals surface area contributed by atoms with E-state index in [1.165, 1.54) is 0 Å². The van der Waals surface area contributed by atoms with Gasteiger partial charge in [-0.3, -0.25) is 0 Å². The monoisotopic (exact) mass is 276 g/mol. The third kappa shape index (κ3) is 5.42. The van der Waals surface area contributed by atoms with Gasteiger partial charge in [-0.1, -0.05) is 0 Å². The van der Waals surface area contributed by atoms with Crippen molar-refractivity contribution >= 4 is 5.95 Å². The van der Waals surface area contributed by atoms with Crippen LogP contribution in [0.25, 0.3) is 0 Å². The Bertz CT molecular complexity index is 412. The molecular weight excluding hydrogens is 257 g/mol. The number of nitrogens with one attached hydrogen (secondary N) is 1. The lowest BCUT2D eigenvalue weighted by Crippen LogP contribution is -2.41. The Labute approximate surface area is 111 Å². The standard InChI is InChI=1S/C12H19F3N4/c1-11(2,3)17-7-8-19(4)10-16-6-5-9(18-10)12(13,14)15/h5-6,17H,7-8H2,1-4H3. The van der Waals surface area contributed by atoms with Crippen molar-refractivity contribution in [2.75, 3.05) is 25.0 Å². The number of anilines is 1. The highest BCUT2D eigenvalue weighted by atomic mass is 19.4. The van der Waals surface area contributed by atoms with Gasteiger partial charge in [0.25, 0.3) is 0 Å². The molecule has 0 saturated heterocycles. The predicted octanol–water partition coefficient (Wildman–Crippen LogP) is 2.32. The first-order chi connectivity index (χ1) is 8.59. The summed E-state index contributed by atoms with van der Waals surface area (Å²) in [6, 6.07) is 0.866. The molecular formula is C12H19F3N4. The van der Waals surface area contributed by atoms with Crippen LogP contribution in [0.15, 0.2) is 12.3 Å². The van der Waals surface area contributed by atoms with Crippen LogP contribution in [0.1, 0.15) is 26.5 Å². The Balaban J connectivity index is 2.65. The number of hydrogen-bond donors (Lipinski definition) is 1. The van der Waals surface area contributed by atoms with E-state index in [1.807, 2.05) is 20.8 Å². The molecule has 0 aliphatic rings. The summed E-state index contributed by atoms with van der Waals surface area (Å²) in [4.78, 5) is 8.97. The lowest BCUT2D eigenvalue weighted by molar-refractivity contribution is -0.141. The lowest BCUT2D eigenvalue weighted by Gasteiger charge is -2.23. The van der Waals surface area contributed by atoms with E-state index in [2.05, 4.69) is 15.3 Å². The van der Waals surface area contributed by atoms with Gasteiger partial charge in [0, 0.05) is 31.9 Å². The normalized spacial score (nSPS) is 12.6. The van der Waals surface area contributed by atoms with Crippen LogP contribution >= 0.6 is 0 Å². The number of halogens is 3. The molecule has 0 saturated carbocycles. The van der Waals surface area contributed by atoms with Gasteiger partial charge < -0.3 is 10.2 Å². The molecule has 0 amide bonds. The van der Waals surface area contributed by atoms with E-state index in [0.29, 0.717) is 13.1 Å². The van der Waals surface area contributed by atoms with Gasteiger partial charge >= 0.3 is 6.18 Å². The number of nitrogens with zero attached hydrogens (tertiary/aromatic N) is 3. The van der Waals surface area contributed by atoms with Crippen molar-refractivity contribution in [2.45, 2.75) is 32.5 Å². The van der Waals surface area contributed by atoms with Crippen LogP contribution in [0, 0.1) is 0 Å². The second-order valence-corrected chi connectivity index (χ2v) is 5.34. The maximum atomic E-state index is 12.5. The van der Waals surface area contributed by atoms with Gasteiger partial charge in [-0.2, -0.15) is 13.2 Å². The fraction of sp³-hybridized carbons (Fsp3) is 0.667. The fourth-order valence-corrected chi connectivity index (χ4v) is 1.39. The second-order valence-electron chi connectivity index (χ2n) is 5.34. The summed E-state index contributed by atoms with van der Waals surface area (Å²) in [5.74, 6) is 0.0746. The largest absolute Gasteiger partial charge is 0.433 e. The minimum absolute atomic E-state index is 0.0322. The number of alkyl halides is 3. The molecule has 108 valence electrons. The molecule has 0 aromatic carbocycles. The van der Waals surface area contributed by atoms with Crippen molar-refractivity contribution in [3.05, 3.63) is 18.0 Å². The van der Waals surface area contributed by atoms with Crippen molar-refractivity contribution in [1.29, 1.82) is 0 Å². The van der Waals surface area contributed by atoms with Crippen LogP contribution < -0.4 is 10.2 Å². The SMILES string of the molecule is CN(CCNC(C)(C)C)c1nccc(C(F)(F)F)n1. The molecule has 4 nitrogen and oxygen atoms in total. The molecule has 0 bridgehead atoms. The Kier molecular flexibility index (Phi) is 4.73. The highest BCUT2D eigenvalue weighted by Gasteiger charge is 2.33. The minimum atomic E-state index is -4.44. The van der Waals surface area contributed by atoms with Gasteiger partial charge in [0.2, 0.25) is 5.95 Å². The molecule has 0 atom stereocenters. The van der Waals surface area contributed by atoms with Gasteiger partial charge in [0.05, 0.1) is 0 Å². The zero-order valence-corrected chi connectivity index (χ0v) is 11.5. The fourth-order valence-electron chi connectivity index (χ4n) is 1.39. The Morgan fingerprint density at radius 2 is 1.89 bits per heavy atom. The van der Waals surface area contributed by atoms with Gasteiger partial charge in [-0.05, 0) is 26.8 Å². The van der Waals surface area contributed by atoms with Gasteiger partial charge in [-0.15, -0.1) is 0 Å². The molecule has 1 aromatic heterocycles. The van der Waals surface area contributed by atoms with E-state index in [9.17, 15) is 13.2 Å². The molecule has 0 unspecified atom stereocenters. The summed E-state index contributed by atoms with van der Waals surface area (Å²) in [7, 11) is 1.67. The van der Waals surface area contributed by atoms with Gasteiger partial charge in [0.15, 0.2) is 0 Å². The Hall–Kier alpha value is -1.37. The zero-order chi connectivity index (χ0) is 14.7. The first-order valence-electron chi connectivity index (χ1n) is 5.96. The maximum absolute atomic E-state index is 12.5. The predicted molar refractivity (Wildman–Crippen MR) is 68.1 cm³/mol. The zero-order valence-electron chi connectivity index (χ0n) is 11.5. The molecule has 19 heavy (non-hydrogen) atoms. The van der Waals surface area contributed by atoms with Crippen LogP contribution in [0.4, 0.5) is 19.1 Å². The van der Waals surface area contributed by atoms with E-state index in [-0.39, 0.29) is 11.5 Å². The van der Waals surface area contributed by atoms with Gasteiger partial charge in [-0.25, -0.2) is 9.97 Å². The number of rotatable bonds is 4. The van der Waals surface area contributed by atoms with E-state index in [4.69, 9.17) is 0 Å². The van der Waals surface area contributed by atoms with Crippen LogP contribution in [0.5, 0.6) is 0 Å². The van der Waals surface area contributed by atoms with Crippen LogP contribution in [0.3, 0.4) is 0 Å². The summed E-state index contributed by atoms with van der Waals surface area (Å²) in [5.41, 5.74) is -0.955. The van der Waals surface area contributed by atoms with Gasteiger partial charge in [0.1, 0.15) is 5.69 Å². The molecule has 0 spiro atoms. The molecule has 1 rings (SSSR count). The van der Waals surface area contributed by atoms with Crippen molar-refractivity contribution in [2.24, 2.45) is 0 Å². The highest BCUT2D eigenvalue weighted by molar-refractivity contribution is 5.29. The quantitative estimate of drug-likeness (QED) is 0.916. The average molecular weight is 276 g/mol. The van der Waals surface area contributed by atoms with E-state index >= 15 is 0 Å². The number of aromatic nitrogens is 2. The molecule has 0 radical (unpaired) electrons. The van der Waals surface area contributed by atoms with Crippen LogP contribution in [-0.2, 0) is 6.18 Å². The Morgan fingerprint density at radius 3 is 2.42 bits per heavy atom. The smallest absolute Gasteiger partial charge is 0.343 e. The number of hydrogen-bond acceptors (Lipinski definition) is 4. The van der Waals surface area contributed by atoms with E-state index in [0.717, 1.165) is 12.3 Å². The van der Waals surface area contributed by atoms with E-state index in [1.54, 1.807) is 11.9 Å². The van der Waals surface area contributed by atoms with Crippen molar-refractivity contribution < 1.29 is 13.2 Å². The Morgan fingerprint density at radius 1 is 1.26 bits per heavy atom. The lowest BCUT2D eigenvalue weighted by atomic mass is 10.1. The first-order valence-corrected chi connectivity index (χ1v) is 5.96. The third-order valence-electron chi connectivity index (χ3n) is 2.38. The van der Waals surface area contributed by atoms with E-state index < -0.39 is 11.9 Å². The molecule has 7 heteroatoms.